The van der Waals surface area contributed by atoms with Gasteiger partial charge in [-0.1, -0.05) is 19.9 Å². The summed E-state index contributed by atoms with van der Waals surface area (Å²) in [5, 5.41) is 23.5. The number of hydrogen-bond acceptors (Lipinski definition) is 12. The summed E-state index contributed by atoms with van der Waals surface area (Å²) in [7, 11) is 1.36. The van der Waals surface area contributed by atoms with Crippen molar-refractivity contribution in [3.63, 3.8) is 0 Å². The quantitative estimate of drug-likeness (QED) is 0.0361. The average molecular weight is 732 g/mol. The predicted octanol–water partition coefficient (Wildman–Crippen LogP) is 3.59. The van der Waals surface area contributed by atoms with E-state index in [0.29, 0.717) is 11.1 Å². The number of nitro groups is 1. The maximum absolute atomic E-state index is 13.6. The van der Waals surface area contributed by atoms with Crippen molar-refractivity contribution in [3.05, 3.63) is 63.7 Å². The predicted molar refractivity (Wildman–Crippen MR) is 185 cm³/mol. The minimum atomic E-state index is -1.15. The molecular weight excluding hydrogens is 686 g/mol. The Labute approximate surface area is 299 Å². The minimum absolute atomic E-state index is 0.00391. The SMILES string of the molecule is CNC(=O)OCc1cc(NC(=O)[C@H](CCCNC(N)=O)NC(=O)[C@@H](NC(=O)OC(C)(C)C)C(C)C)ccc1COC(=O)Oc1ccc([N+](=O)[O-])cc1. The van der Waals surface area contributed by atoms with E-state index in [-0.39, 0.29) is 49.7 Å². The van der Waals surface area contributed by atoms with Crippen LogP contribution in [0, 0.1) is 16.0 Å². The molecule has 0 aliphatic rings. The molecule has 2 atom stereocenters. The van der Waals surface area contributed by atoms with Crippen LogP contribution in [0.2, 0.25) is 0 Å². The van der Waals surface area contributed by atoms with Crippen LogP contribution in [0.3, 0.4) is 0 Å². The molecule has 0 aliphatic carbocycles. The molecule has 0 bridgehead atoms. The number of nitro benzene ring substituents is 1. The summed E-state index contributed by atoms with van der Waals surface area (Å²) < 4.78 is 20.7. The van der Waals surface area contributed by atoms with Crippen molar-refractivity contribution >= 4 is 47.6 Å². The number of rotatable bonds is 16. The Hall–Kier alpha value is -6.14. The largest absolute Gasteiger partial charge is 0.514 e. The number of ether oxygens (including phenoxy) is 4. The molecule has 2 aromatic rings. The van der Waals surface area contributed by atoms with Gasteiger partial charge in [0.1, 0.15) is 36.6 Å². The molecule has 2 rings (SSSR count). The van der Waals surface area contributed by atoms with Crippen LogP contribution in [0.5, 0.6) is 5.75 Å². The van der Waals surface area contributed by atoms with E-state index in [0.717, 1.165) is 12.1 Å². The van der Waals surface area contributed by atoms with Gasteiger partial charge in [-0.25, -0.2) is 19.2 Å². The number of urea groups is 1. The van der Waals surface area contributed by atoms with Crippen molar-refractivity contribution in [2.45, 2.75) is 78.4 Å². The first-order chi connectivity index (χ1) is 24.4. The Kier molecular flexibility index (Phi) is 16.1. The van der Waals surface area contributed by atoms with Gasteiger partial charge >= 0.3 is 24.4 Å². The third-order valence-corrected chi connectivity index (χ3v) is 6.85. The highest BCUT2D eigenvalue weighted by Crippen LogP contribution is 2.21. The lowest BCUT2D eigenvalue weighted by molar-refractivity contribution is -0.384. The highest BCUT2D eigenvalue weighted by atomic mass is 16.7. The molecule has 0 unspecified atom stereocenters. The number of benzene rings is 2. The van der Waals surface area contributed by atoms with Crippen molar-refractivity contribution in [2.75, 3.05) is 18.9 Å². The second kappa shape index (κ2) is 19.9. The van der Waals surface area contributed by atoms with Gasteiger partial charge in [0.2, 0.25) is 11.8 Å². The van der Waals surface area contributed by atoms with Crippen molar-refractivity contribution in [1.29, 1.82) is 0 Å². The Balaban J connectivity index is 2.24. The first-order valence-corrected chi connectivity index (χ1v) is 16.1. The van der Waals surface area contributed by atoms with Gasteiger partial charge in [-0.3, -0.25) is 19.7 Å². The molecule has 284 valence electrons. The molecule has 0 heterocycles. The minimum Gasteiger partial charge on any atom is -0.445 e. The fraction of sp³-hybridized carbons (Fsp3) is 0.455. The molecule has 0 fully saturated rings. The summed E-state index contributed by atoms with van der Waals surface area (Å²) in [5.74, 6) is -1.70. The second-order valence-electron chi connectivity index (χ2n) is 12.6. The smallest absolute Gasteiger partial charge is 0.445 e. The van der Waals surface area contributed by atoms with E-state index in [1.165, 1.54) is 37.4 Å². The van der Waals surface area contributed by atoms with Crippen molar-refractivity contribution in [1.82, 2.24) is 21.3 Å². The molecule has 2 aromatic carbocycles. The van der Waals surface area contributed by atoms with E-state index < -0.39 is 64.7 Å². The third kappa shape index (κ3) is 15.2. The average Bonchev–Trinajstić information content (AvgIpc) is 3.05. The van der Waals surface area contributed by atoms with Crippen LogP contribution in [0.15, 0.2) is 42.5 Å². The van der Waals surface area contributed by atoms with Crippen LogP contribution in [-0.2, 0) is 37.0 Å². The Morgan fingerprint density at radius 2 is 1.54 bits per heavy atom. The van der Waals surface area contributed by atoms with Gasteiger partial charge in [-0.2, -0.15) is 0 Å². The van der Waals surface area contributed by atoms with Crippen LogP contribution in [0.25, 0.3) is 0 Å². The number of nitrogens with two attached hydrogens (primary N) is 1. The number of carbonyl (C=O) groups is 6. The Morgan fingerprint density at radius 3 is 2.12 bits per heavy atom. The first kappa shape index (κ1) is 42.0. The highest BCUT2D eigenvalue weighted by molar-refractivity contribution is 5.98. The van der Waals surface area contributed by atoms with Crippen molar-refractivity contribution in [2.24, 2.45) is 11.7 Å². The van der Waals surface area contributed by atoms with E-state index in [4.69, 9.17) is 24.7 Å². The summed E-state index contributed by atoms with van der Waals surface area (Å²) >= 11 is 0. The van der Waals surface area contributed by atoms with Crippen LogP contribution < -0.4 is 37.1 Å². The van der Waals surface area contributed by atoms with Gasteiger partial charge in [0.25, 0.3) is 5.69 Å². The second-order valence-corrected chi connectivity index (χ2v) is 12.6. The molecule has 0 aliphatic heterocycles. The first-order valence-electron chi connectivity index (χ1n) is 16.1. The molecule has 0 aromatic heterocycles. The molecule has 19 heteroatoms. The van der Waals surface area contributed by atoms with Gasteiger partial charge in [0, 0.05) is 31.4 Å². The van der Waals surface area contributed by atoms with E-state index in [2.05, 4.69) is 26.6 Å². The highest BCUT2D eigenvalue weighted by Gasteiger charge is 2.30. The standard InChI is InChI=1S/C33H45N7O12/c1-19(2)26(39-31(45)52-33(3,4)5)28(42)38-25(8-7-15-36-29(34)43)27(41)37-22-10-9-20(21(16-22)18-49-30(44)35-6)17-50-32(46)51-24-13-11-23(12-14-24)40(47)48/h9-14,16,19,25-26H,7-8,15,17-18H2,1-6H3,(H,35,44)(H,37,41)(H,38,42)(H,39,45)(H3,34,36,43)/t25-,26-/m0/s1. The molecule has 0 spiro atoms. The number of alkyl carbamates (subject to hydrolysis) is 2. The number of primary amides is 1. The summed E-state index contributed by atoms with van der Waals surface area (Å²) in [6.45, 7) is 7.89. The van der Waals surface area contributed by atoms with Gasteiger partial charge in [0.15, 0.2) is 0 Å². The van der Waals surface area contributed by atoms with Crippen LogP contribution in [-0.4, -0.2) is 72.4 Å². The Morgan fingerprint density at radius 1 is 0.885 bits per heavy atom. The lowest BCUT2D eigenvalue weighted by Crippen LogP contribution is -2.55. The summed E-state index contributed by atoms with van der Waals surface area (Å²) in [5.41, 5.74) is 5.05. The van der Waals surface area contributed by atoms with Gasteiger partial charge in [-0.15, -0.1) is 0 Å². The van der Waals surface area contributed by atoms with E-state index in [9.17, 15) is 38.9 Å². The fourth-order valence-corrected chi connectivity index (χ4v) is 4.34. The third-order valence-electron chi connectivity index (χ3n) is 6.85. The molecule has 0 saturated heterocycles. The van der Waals surface area contributed by atoms with Crippen LogP contribution in [0.1, 0.15) is 58.6 Å². The van der Waals surface area contributed by atoms with Gasteiger partial charge in [0.05, 0.1) is 4.92 Å². The van der Waals surface area contributed by atoms with Crippen molar-refractivity contribution in [3.8, 4) is 5.75 Å². The molecule has 52 heavy (non-hydrogen) atoms. The fourth-order valence-electron chi connectivity index (χ4n) is 4.34. The molecule has 6 amide bonds. The van der Waals surface area contributed by atoms with E-state index in [1.807, 2.05) is 0 Å². The number of anilines is 1. The number of nitrogens with zero attached hydrogens (tertiary/aromatic N) is 1. The summed E-state index contributed by atoms with van der Waals surface area (Å²) in [4.78, 5) is 85.0. The molecular formula is C33H45N7O12. The maximum Gasteiger partial charge on any atom is 0.514 e. The maximum atomic E-state index is 13.6. The lowest BCUT2D eigenvalue weighted by atomic mass is 10.0. The summed E-state index contributed by atoms with van der Waals surface area (Å²) in [6.07, 6.45) is -2.39. The van der Waals surface area contributed by atoms with Gasteiger partial charge in [-0.05, 0) is 74.9 Å². The van der Waals surface area contributed by atoms with E-state index >= 15 is 0 Å². The number of carbonyl (C=O) groups excluding carboxylic acids is 6. The zero-order valence-corrected chi connectivity index (χ0v) is 29.7. The zero-order chi connectivity index (χ0) is 39.0. The van der Waals surface area contributed by atoms with Crippen molar-refractivity contribution < 1.29 is 52.6 Å². The molecule has 7 N–H and O–H groups in total. The number of amides is 6. The Bertz CT molecular complexity index is 1590. The van der Waals surface area contributed by atoms with Gasteiger partial charge < -0.3 is 51.3 Å². The van der Waals surface area contributed by atoms with Crippen LogP contribution in [0.4, 0.5) is 30.6 Å². The number of nitrogens with one attached hydrogen (secondary N) is 5. The monoisotopic (exact) mass is 731 g/mol. The lowest BCUT2D eigenvalue weighted by Gasteiger charge is -2.27. The number of non-ortho nitro benzene ring substituents is 1. The molecule has 0 radical (unpaired) electrons. The van der Waals surface area contributed by atoms with Crippen LogP contribution >= 0.6 is 0 Å². The normalized spacial score (nSPS) is 12.0. The molecule has 19 nitrogen and oxygen atoms in total. The topological polar surface area (TPSA) is 269 Å². The summed E-state index contributed by atoms with van der Waals surface area (Å²) in [6, 6.07) is 6.24. The van der Waals surface area contributed by atoms with E-state index in [1.54, 1.807) is 34.6 Å². The molecule has 0 saturated carbocycles. The zero-order valence-electron chi connectivity index (χ0n) is 29.7. The number of hydrogen-bond donors (Lipinski definition) is 6.